The van der Waals surface area contributed by atoms with Crippen LogP contribution >= 0.6 is 15.9 Å². The first-order valence-electron chi connectivity index (χ1n) is 7.35. The molecule has 0 bridgehead atoms. The van der Waals surface area contributed by atoms with Gasteiger partial charge in [-0.05, 0) is 53.6 Å². The van der Waals surface area contributed by atoms with Crippen molar-refractivity contribution >= 4 is 27.7 Å². The fourth-order valence-corrected chi connectivity index (χ4v) is 3.99. The van der Waals surface area contributed by atoms with E-state index in [-0.39, 0.29) is 5.91 Å². The molecule has 5 heteroatoms. The fraction of sp³-hybridized carbons (Fsp3) is 0.600. The Labute approximate surface area is 128 Å². The minimum absolute atomic E-state index is 0.125. The van der Waals surface area contributed by atoms with E-state index in [1.165, 1.54) is 19.3 Å². The lowest BCUT2D eigenvalue weighted by molar-refractivity contribution is 0.0549. The van der Waals surface area contributed by atoms with Gasteiger partial charge < -0.3 is 10.2 Å². The van der Waals surface area contributed by atoms with Crippen LogP contribution in [0.1, 0.15) is 42.5 Å². The van der Waals surface area contributed by atoms with E-state index in [1.54, 1.807) is 6.20 Å². The first kappa shape index (κ1) is 13.9. The minimum Gasteiger partial charge on any atom is -0.372 e. The minimum atomic E-state index is 0.125. The van der Waals surface area contributed by atoms with Crippen molar-refractivity contribution in [3.05, 3.63) is 22.3 Å². The van der Waals surface area contributed by atoms with Crippen LogP contribution in [0.25, 0.3) is 0 Å². The Bertz CT molecular complexity index is 520. The van der Waals surface area contributed by atoms with Crippen LogP contribution in [-0.4, -0.2) is 35.4 Å². The van der Waals surface area contributed by atoms with E-state index in [0.717, 1.165) is 23.9 Å². The Balaban J connectivity index is 1.90. The van der Waals surface area contributed by atoms with Crippen LogP contribution in [0, 0.1) is 5.92 Å². The van der Waals surface area contributed by atoms with Crippen LogP contribution in [0.3, 0.4) is 0 Å². The molecule has 1 aromatic heterocycles. The lowest BCUT2D eigenvalue weighted by Crippen LogP contribution is -2.46. The maximum absolute atomic E-state index is 12.9. The van der Waals surface area contributed by atoms with Gasteiger partial charge in [-0.25, -0.2) is 4.98 Å². The number of amides is 1. The highest BCUT2D eigenvalue weighted by atomic mass is 79.9. The molecule has 1 amide bonds. The second kappa shape index (κ2) is 5.72. The quantitative estimate of drug-likeness (QED) is 0.900. The highest BCUT2D eigenvalue weighted by Crippen LogP contribution is 2.37. The van der Waals surface area contributed by atoms with Crippen LogP contribution < -0.4 is 5.32 Å². The number of aromatic nitrogens is 1. The smallest absolute Gasteiger partial charge is 0.257 e. The summed E-state index contributed by atoms with van der Waals surface area (Å²) in [6.45, 7) is 0.885. The highest BCUT2D eigenvalue weighted by Gasteiger charge is 2.38. The van der Waals surface area contributed by atoms with Crippen LogP contribution in [0.15, 0.2) is 16.7 Å². The first-order valence-corrected chi connectivity index (χ1v) is 8.14. The number of nitrogens with zero attached hydrogens (tertiary/aromatic N) is 2. The van der Waals surface area contributed by atoms with Gasteiger partial charge in [-0.2, -0.15) is 0 Å². The van der Waals surface area contributed by atoms with Crippen molar-refractivity contribution in [3.63, 3.8) is 0 Å². The maximum atomic E-state index is 12.9. The van der Waals surface area contributed by atoms with Crippen molar-refractivity contribution < 1.29 is 4.79 Å². The number of nitrogens with one attached hydrogen (secondary N) is 1. The summed E-state index contributed by atoms with van der Waals surface area (Å²) in [6, 6.07) is 2.32. The molecule has 1 aliphatic heterocycles. The van der Waals surface area contributed by atoms with Crippen molar-refractivity contribution in [2.45, 2.75) is 38.1 Å². The predicted molar refractivity (Wildman–Crippen MR) is 82.9 cm³/mol. The summed E-state index contributed by atoms with van der Waals surface area (Å²) in [7, 11) is 1.81. The molecule has 2 heterocycles. The summed E-state index contributed by atoms with van der Waals surface area (Å²) in [5.74, 6) is 1.50. The SMILES string of the molecule is CNc1ncc(Br)cc1C(=O)N1CCCC2CCCC21. The summed E-state index contributed by atoms with van der Waals surface area (Å²) in [5, 5.41) is 3.02. The zero-order valence-electron chi connectivity index (χ0n) is 11.7. The van der Waals surface area contributed by atoms with Crippen LogP contribution in [-0.2, 0) is 0 Å². The zero-order valence-corrected chi connectivity index (χ0v) is 13.3. The van der Waals surface area contributed by atoms with E-state index in [1.807, 2.05) is 13.1 Å². The third-order valence-electron chi connectivity index (χ3n) is 4.58. The van der Waals surface area contributed by atoms with Gasteiger partial charge in [0.05, 0.1) is 5.56 Å². The lowest BCUT2D eigenvalue weighted by Gasteiger charge is -2.38. The van der Waals surface area contributed by atoms with Gasteiger partial charge in [-0.15, -0.1) is 0 Å². The van der Waals surface area contributed by atoms with E-state index in [2.05, 4.69) is 31.1 Å². The summed E-state index contributed by atoms with van der Waals surface area (Å²) in [6.07, 6.45) is 7.83. The molecule has 0 radical (unpaired) electrons. The predicted octanol–water partition coefficient (Wildman–Crippen LogP) is 3.29. The van der Waals surface area contributed by atoms with Gasteiger partial charge in [0.25, 0.3) is 5.91 Å². The van der Waals surface area contributed by atoms with Gasteiger partial charge in [0.2, 0.25) is 0 Å². The van der Waals surface area contributed by atoms with Gasteiger partial charge in [-0.3, -0.25) is 4.79 Å². The zero-order chi connectivity index (χ0) is 14.1. The monoisotopic (exact) mass is 337 g/mol. The Morgan fingerprint density at radius 3 is 3.00 bits per heavy atom. The van der Waals surface area contributed by atoms with E-state index >= 15 is 0 Å². The molecule has 2 aliphatic rings. The first-order chi connectivity index (χ1) is 9.70. The molecule has 1 aliphatic carbocycles. The Hall–Kier alpha value is -1.10. The number of halogens is 1. The molecule has 2 atom stereocenters. The van der Waals surface area contributed by atoms with E-state index in [4.69, 9.17) is 0 Å². The van der Waals surface area contributed by atoms with Crippen LogP contribution in [0.5, 0.6) is 0 Å². The van der Waals surface area contributed by atoms with Crippen molar-refractivity contribution in [1.82, 2.24) is 9.88 Å². The van der Waals surface area contributed by atoms with E-state index in [0.29, 0.717) is 23.3 Å². The van der Waals surface area contributed by atoms with Gasteiger partial charge in [0, 0.05) is 30.3 Å². The normalized spacial score (nSPS) is 25.4. The average molecular weight is 338 g/mol. The molecule has 2 fully saturated rings. The van der Waals surface area contributed by atoms with Gasteiger partial charge in [0.1, 0.15) is 5.82 Å². The number of anilines is 1. The number of pyridine rings is 1. The van der Waals surface area contributed by atoms with Crippen molar-refractivity contribution in [2.24, 2.45) is 5.92 Å². The number of carbonyl (C=O) groups excluding carboxylic acids is 1. The second-order valence-electron chi connectivity index (χ2n) is 5.70. The highest BCUT2D eigenvalue weighted by molar-refractivity contribution is 9.10. The molecule has 2 unspecified atom stereocenters. The van der Waals surface area contributed by atoms with Crippen LogP contribution in [0.4, 0.5) is 5.82 Å². The molecule has 1 saturated carbocycles. The Morgan fingerprint density at radius 1 is 1.40 bits per heavy atom. The molecule has 3 rings (SSSR count). The molecule has 1 saturated heterocycles. The topological polar surface area (TPSA) is 45.2 Å². The second-order valence-corrected chi connectivity index (χ2v) is 6.61. The lowest BCUT2D eigenvalue weighted by atomic mass is 9.91. The average Bonchev–Trinajstić information content (AvgIpc) is 2.94. The molecular weight excluding hydrogens is 318 g/mol. The van der Waals surface area contributed by atoms with Crippen molar-refractivity contribution in [3.8, 4) is 0 Å². The summed E-state index contributed by atoms with van der Waals surface area (Å²) < 4.78 is 0.847. The van der Waals surface area contributed by atoms with Gasteiger partial charge in [-0.1, -0.05) is 6.42 Å². The molecular formula is C15H20BrN3O. The Kier molecular flexibility index (Phi) is 3.96. The molecule has 108 valence electrons. The molecule has 0 spiro atoms. The largest absolute Gasteiger partial charge is 0.372 e. The number of rotatable bonds is 2. The van der Waals surface area contributed by atoms with E-state index < -0.39 is 0 Å². The number of carbonyl (C=O) groups is 1. The van der Waals surface area contributed by atoms with E-state index in [9.17, 15) is 4.79 Å². The maximum Gasteiger partial charge on any atom is 0.257 e. The summed E-state index contributed by atoms with van der Waals surface area (Å²) in [5.41, 5.74) is 0.675. The Morgan fingerprint density at radius 2 is 2.20 bits per heavy atom. The van der Waals surface area contributed by atoms with Crippen molar-refractivity contribution in [2.75, 3.05) is 18.9 Å². The molecule has 0 aromatic carbocycles. The van der Waals surface area contributed by atoms with Gasteiger partial charge in [0.15, 0.2) is 0 Å². The molecule has 1 aromatic rings. The summed E-state index contributed by atoms with van der Waals surface area (Å²) in [4.78, 5) is 19.3. The number of piperidine rings is 1. The number of hydrogen-bond acceptors (Lipinski definition) is 3. The molecule has 1 N–H and O–H groups in total. The number of hydrogen-bond donors (Lipinski definition) is 1. The summed E-state index contributed by atoms with van der Waals surface area (Å²) >= 11 is 3.41. The third-order valence-corrected chi connectivity index (χ3v) is 5.01. The number of fused-ring (bicyclic) bond motifs is 1. The molecule has 4 nitrogen and oxygen atoms in total. The third kappa shape index (κ3) is 2.43. The van der Waals surface area contributed by atoms with Gasteiger partial charge >= 0.3 is 0 Å². The number of likely N-dealkylation sites (tertiary alicyclic amines) is 1. The van der Waals surface area contributed by atoms with Crippen LogP contribution in [0.2, 0.25) is 0 Å². The van der Waals surface area contributed by atoms with Crippen molar-refractivity contribution in [1.29, 1.82) is 0 Å². The fourth-order valence-electron chi connectivity index (χ4n) is 3.66. The molecule has 20 heavy (non-hydrogen) atoms. The standard InChI is InChI=1S/C15H20BrN3O/c1-17-14-12(8-11(16)9-18-14)15(20)19-7-3-5-10-4-2-6-13(10)19/h8-10,13H,2-7H2,1H3,(H,17,18).